The maximum Gasteiger partial charge on any atom is 0.522 e. The fourth-order valence-electron chi connectivity index (χ4n) is 5.39. The molecule has 4 aliphatic rings. The Hall–Kier alpha value is -2.70. The summed E-state index contributed by atoms with van der Waals surface area (Å²) in [7, 11) is 0. The fourth-order valence-corrected chi connectivity index (χ4v) is 5.39. The number of fused-ring (bicyclic) bond motifs is 1. The van der Waals surface area contributed by atoms with E-state index in [4.69, 9.17) is 0 Å². The maximum atomic E-state index is 13.4. The van der Waals surface area contributed by atoms with E-state index in [2.05, 4.69) is 20.7 Å². The molecule has 2 saturated heterocycles. The lowest BCUT2D eigenvalue weighted by molar-refractivity contribution is -0.321. The summed E-state index contributed by atoms with van der Waals surface area (Å²) in [5, 5.41) is 7.70. The summed E-state index contributed by atoms with van der Waals surface area (Å²) in [5.74, 6) is -4.56. The molecule has 10 nitrogen and oxygen atoms in total. The van der Waals surface area contributed by atoms with E-state index in [1.807, 2.05) is 0 Å². The summed E-state index contributed by atoms with van der Waals surface area (Å²) in [4.78, 5) is 64.5. The predicted octanol–water partition coefficient (Wildman–Crippen LogP) is 0.00860. The molecule has 4 fully saturated rings. The van der Waals surface area contributed by atoms with Gasteiger partial charge in [0.05, 0.1) is 6.04 Å². The van der Waals surface area contributed by atoms with Crippen LogP contribution in [0.1, 0.15) is 44.9 Å². The van der Waals surface area contributed by atoms with Crippen LogP contribution in [-0.2, 0) is 28.7 Å². The van der Waals surface area contributed by atoms with E-state index in [-0.39, 0.29) is 36.8 Å². The first-order chi connectivity index (χ1) is 16.5. The van der Waals surface area contributed by atoms with Gasteiger partial charge in [-0.25, -0.2) is 0 Å². The number of carbonyl (C=O) groups is 5. The summed E-state index contributed by atoms with van der Waals surface area (Å²) >= 11 is 0. The molecule has 0 aromatic heterocycles. The molecule has 0 radical (unpaired) electrons. The number of ketones is 1. The molecule has 13 heteroatoms. The number of rotatable bonds is 8. The van der Waals surface area contributed by atoms with Crippen LogP contribution in [0.25, 0.3) is 0 Å². The molecule has 2 heterocycles. The number of carbonyl (C=O) groups excluding carboxylic acids is 5. The molecule has 35 heavy (non-hydrogen) atoms. The summed E-state index contributed by atoms with van der Waals surface area (Å²) in [5.41, 5.74) is 0. The molecule has 2 aliphatic heterocycles. The zero-order chi connectivity index (χ0) is 25.3. The van der Waals surface area contributed by atoms with Crippen LogP contribution < -0.4 is 16.0 Å². The highest BCUT2D eigenvalue weighted by molar-refractivity contribution is 6.35. The van der Waals surface area contributed by atoms with Gasteiger partial charge in [0, 0.05) is 25.0 Å². The van der Waals surface area contributed by atoms with Crippen LogP contribution in [0.4, 0.5) is 13.2 Å². The molecule has 4 rings (SSSR count). The quantitative estimate of drug-likeness (QED) is 0.401. The smallest absolute Gasteiger partial charge is 0.356 e. The van der Waals surface area contributed by atoms with E-state index in [9.17, 15) is 37.1 Å². The maximum absolute atomic E-state index is 13.4. The normalized spacial score (nSPS) is 28.9. The monoisotopic (exact) mass is 502 g/mol. The van der Waals surface area contributed by atoms with Crippen molar-refractivity contribution in [2.75, 3.05) is 19.7 Å². The summed E-state index contributed by atoms with van der Waals surface area (Å²) in [6.45, 7) is -0.728. The molecule has 3 N–H and O–H groups in total. The molecule has 5 unspecified atom stereocenters. The van der Waals surface area contributed by atoms with Gasteiger partial charge in [0.1, 0.15) is 12.6 Å². The van der Waals surface area contributed by atoms with Gasteiger partial charge in [-0.3, -0.25) is 28.7 Å². The van der Waals surface area contributed by atoms with E-state index in [0.29, 0.717) is 19.4 Å². The number of likely N-dealkylation sites (tertiary alicyclic amines) is 1. The van der Waals surface area contributed by atoms with E-state index in [0.717, 1.165) is 25.7 Å². The number of hydrogen-bond donors (Lipinski definition) is 3. The second-order valence-electron chi connectivity index (χ2n) is 9.78. The third-order valence-corrected chi connectivity index (χ3v) is 7.29. The molecule has 2 saturated carbocycles. The van der Waals surface area contributed by atoms with Crippen molar-refractivity contribution < 1.29 is 41.9 Å². The Morgan fingerprint density at radius 1 is 1.11 bits per heavy atom. The lowest BCUT2D eigenvalue weighted by atomic mass is 9.92. The van der Waals surface area contributed by atoms with Gasteiger partial charge in [0.25, 0.3) is 0 Å². The van der Waals surface area contributed by atoms with E-state index in [1.54, 1.807) is 0 Å². The third-order valence-electron chi connectivity index (χ3n) is 7.29. The minimum absolute atomic E-state index is 0.0201. The second-order valence-corrected chi connectivity index (χ2v) is 9.78. The van der Waals surface area contributed by atoms with Crippen molar-refractivity contribution in [3.8, 4) is 0 Å². The minimum atomic E-state index is -5.03. The second kappa shape index (κ2) is 10.1. The van der Waals surface area contributed by atoms with Gasteiger partial charge in [0.2, 0.25) is 11.8 Å². The van der Waals surface area contributed by atoms with Crippen molar-refractivity contribution in [1.82, 2.24) is 20.9 Å². The SMILES string of the molecule is O=C(NC1CC1)C(=O)N1CC2CCCC2C1C(=O)NC(CC1CCNC1=O)C(=O)COC(F)(F)F. The van der Waals surface area contributed by atoms with Crippen LogP contribution in [-0.4, -0.2) is 78.5 Å². The first kappa shape index (κ1) is 25.4. The zero-order valence-corrected chi connectivity index (χ0v) is 19.1. The summed E-state index contributed by atoms with van der Waals surface area (Å²) < 4.78 is 41.2. The fraction of sp³-hybridized carbons (Fsp3) is 0.773. The largest absolute Gasteiger partial charge is 0.522 e. The lowest BCUT2D eigenvalue weighted by Crippen LogP contribution is -2.56. The number of ether oxygens (including phenoxy) is 1. The van der Waals surface area contributed by atoms with E-state index >= 15 is 0 Å². The van der Waals surface area contributed by atoms with E-state index < -0.39 is 54.5 Å². The Bertz CT molecular complexity index is 893. The molecule has 5 atom stereocenters. The van der Waals surface area contributed by atoms with Crippen LogP contribution in [0.3, 0.4) is 0 Å². The first-order valence-electron chi connectivity index (χ1n) is 12.0. The topological polar surface area (TPSA) is 134 Å². The Labute approximate surface area is 199 Å². The van der Waals surface area contributed by atoms with Gasteiger partial charge < -0.3 is 20.9 Å². The molecular formula is C22H29F3N4O6. The van der Waals surface area contributed by atoms with Gasteiger partial charge in [0.15, 0.2) is 5.78 Å². The molecule has 2 aliphatic carbocycles. The number of amides is 4. The molecule has 194 valence electrons. The van der Waals surface area contributed by atoms with Crippen molar-refractivity contribution >= 4 is 29.4 Å². The van der Waals surface area contributed by atoms with Crippen LogP contribution in [0.2, 0.25) is 0 Å². The molecule has 0 bridgehead atoms. The van der Waals surface area contributed by atoms with Gasteiger partial charge in [-0.05, 0) is 50.4 Å². The Kier molecular flexibility index (Phi) is 7.34. The summed E-state index contributed by atoms with van der Waals surface area (Å²) in [6, 6.07) is -2.47. The third kappa shape index (κ3) is 6.11. The van der Waals surface area contributed by atoms with Crippen molar-refractivity contribution in [3.05, 3.63) is 0 Å². The number of hydrogen-bond acceptors (Lipinski definition) is 6. The van der Waals surface area contributed by atoms with Crippen molar-refractivity contribution in [2.24, 2.45) is 17.8 Å². The van der Waals surface area contributed by atoms with Gasteiger partial charge >= 0.3 is 18.2 Å². The average molecular weight is 502 g/mol. The molecule has 0 aromatic carbocycles. The van der Waals surface area contributed by atoms with Crippen LogP contribution >= 0.6 is 0 Å². The predicted molar refractivity (Wildman–Crippen MR) is 112 cm³/mol. The first-order valence-corrected chi connectivity index (χ1v) is 12.0. The van der Waals surface area contributed by atoms with Crippen molar-refractivity contribution in [2.45, 2.75) is 69.4 Å². The van der Waals surface area contributed by atoms with Crippen LogP contribution in [0.5, 0.6) is 0 Å². The molecular weight excluding hydrogens is 473 g/mol. The van der Waals surface area contributed by atoms with Gasteiger partial charge in [-0.1, -0.05) is 6.42 Å². The lowest BCUT2D eigenvalue weighted by Gasteiger charge is -2.29. The molecule has 4 amide bonds. The zero-order valence-electron chi connectivity index (χ0n) is 19.1. The average Bonchev–Trinajstić information content (AvgIpc) is 3.16. The Morgan fingerprint density at radius 3 is 2.49 bits per heavy atom. The number of nitrogens with one attached hydrogen (secondary N) is 3. The van der Waals surface area contributed by atoms with Gasteiger partial charge in [-0.2, -0.15) is 0 Å². The number of Topliss-reactive ketones (excluding diaryl/α,β-unsaturated/α-hetero) is 1. The number of halogens is 3. The number of nitrogens with zero attached hydrogens (tertiary/aromatic N) is 1. The molecule has 0 aromatic rings. The summed E-state index contributed by atoms with van der Waals surface area (Å²) in [6.07, 6.45) is -0.994. The van der Waals surface area contributed by atoms with Crippen molar-refractivity contribution in [1.29, 1.82) is 0 Å². The van der Waals surface area contributed by atoms with Crippen LogP contribution in [0, 0.1) is 17.8 Å². The highest BCUT2D eigenvalue weighted by atomic mass is 19.4. The van der Waals surface area contributed by atoms with Crippen LogP contribution in [0.15, 0.2) is 0 Å². The minimum Gasteiger partial charge on any atom is -0.356 e. The van der Waals surface area contributed by atoms with Crippen molar-refractivity contribution in [3.63, 3.8) is 0 Å². The highest BCUT2D eigenvalue weighted by Crippen LogP contribution is 2.42. The standard InChI is InChI=1S/C22H29F3N4O6/c23-22(24,25)35-10-16(30)15(8-11-6-7-26-18(11)31)28-19(32)17-14-3-1-2-12(14)9-29(17)21(34)20(33)27-13-4-5-13/h11-15,17H,1-10H2,(H,26,31)(H,27,33)(H,28,32). The highest BCUT2D eigenvalue weighted by Gasteiger charge is 2.51. The molecule has 0 spiro atoms. The van der Waals surface area contributed by atoms with E-state index in [1.165, 1.54) is 4.90 Å². The number of alkyl halides is 3. The Balaban J connectivity index is 1.49. The Morgan fingerprint density at radius 2 is 1.86 bits per heavy atom. The van der Waals surface area contributed by atoms with Gasteiger partial charge in [-0.15, -0.1) is 13.2 Å².